The topological polar surface area (TPSA) is 130 Å². The summed E-state index contributed by atoms with van der Waals surface area (Å²) in [6.07, 6.45) is -3.43. The van der Waals surface area contributed by atoms with Crippen LogP contribution in [0, 0.1) is 0 Å². The minimum Gasteiger partial charge on any atom is -0.462 e. The molecule has 30 heavy (non-hydrogen) atoms. The van der Waals surface area contributed by atoms with Crippen molar-refractivity contribution in [1.82, 2.24) is 29.4 Å². The van der Waals surface area contributed by atoms with E-state index in [-0.39, 0.29) is 40.5 Å². The van der Waals surface area contributed by atoms with Crippen LogP contribution in [-0.2, 0) is 10.9 Å². The van der Waals surface area contributed by atoms with E-state index in [1.165, 1.54) is 12.3 Å². The van der Waals surface area contributed by atoms with Gasteiger partial charge in [-0.3, -0.25) is 0 Å². The summed E-state index contributed by atoms with van der Waals surface area (Å²) in [5, 5.41) is 11.8. The number of ether oxygens (including phenoxy) is 1. The number of benzene rings is 1. The van der Waals surface area contributed by atoms with E-state index in [2.05, 4.69) is 20.3 Å². The molecule has 0 aliphatic carbocycles. The summed E-state index contributed by atoms with van der Waals surface area (Å²) in [6.45, 7) is 1.76. The second-order valence-corrected chi connectivity index (χ2v) is 6.05. The molecule has 0 saturated carbocycles. The van der Waals surface area contributed by atoms with Crippen LogP contribution in [0.2, 0.25) is 0 Å². The number of fused-ring (bicyclic) bond motifs is 3. The molecule has 0 aliphatic rings. The minimum absolute atomic E-state index is 0.00804. The van der Waals surface area contributed by atoms with Gasteiger partial charge < -0.3 is 10.5 Å². The van der Waals surface area contributed by atoms with Crippen LogP contribution < -0.4 is 11.4 Å². The molecule has 4 aromatic rings. The van der Waals surface area contributed by atoms with Crippen LogP contribution in [0.1, 0.15) is 22.8 Å². The van der Waals surface area contributed by atoms with Crippen molar-refractivity contribution in [2.75, 3.05) is 12.3 Å². The maximum absolute atomic E-state index is 13.0. The Morgan fingerprint density at radius 2 is 2.00 bits per heavy atom. The van der Waals surface area contributed by atoms with Gasteiger partial charge in [0.2, 0.25) is 0 Å². The van der Waals surface area contributed by atoms with Gasteiger partial charge in [0.25, 0.3) is 0 Å². The molecule has 0 spiro atoms. The fourth-order valence-corrected chi connectivity index (χ4v) is 2.87. The van der Waals surface area contributed by atoms with Crippen molar-refractivity contribution in [3.8, 4) is 5.69 Å². The highest BCUT2D eigenvalue weighted by Gasteiger charge is 2.31. The van der Waals surface area contributed by atoms with E-state index in [0.717, 1.165) is 27.3 Å². The van der Waals surface area contributed by atoms with Crippen LogP contribution in [0.3, 0.4) is 0 Å². The van der Waals surface area contributed by atoms with Crippen molar-refractivity contribution in [3.63, 3.8) is 0 Å². The zero-order valence-electron chi connectivity index (χ0n) is 15.2. The number of nitrogens with two attached hydrogens (primary N) is 1. The Bertz CT molecular complexity index is 1360. The first-order valence-corrected chi connectivity index (χ1v) is 8.49. The number of carbonyl (C=O) groups is 1. The Morgan fingerprint density at radius 3 is 2.70 bits per heavy atom. The number of hydrogen-bond acceptors (Lipinski definition) is 8. The van der Waals surface area contributed by atoms with E-state index in [1.807, 2.05) is 0 Å². The van der Waals surface area contributed by atoms with Gasteiger partial charge in [-0.2, -0.15) is 27.8 Å². The van der Waals surface area contributed by atoms with Crippen molar-refractivity contribution in [2.24, 2.45) is 0 Å². The van der Waals surface area contributed by atoms with Gasteiger partial charge in [0.15, 0.2) is 16.8 Å². The van der Waals surface area contributed by atoms with Gasteiger partial charge in [0.05, 0.1) is 24.1 Å². The molecule has 0 unspecified atom stereocenters. The molecule has 0 aliphatic heterocycles. The van der Waals surface area contributed by atoms with Crippen molar-refractivity contribution >= 4 is 28.6 Å². The van der Waals surface area contributed by atoms with E-state index in [0.29, 0.717) is 0 Å². The molecule has 0 atom stereocenters. The Balaban J connectivity index is 1.95. The Morgan fingerprint density at radius 1 is 1.23 bits per heavy atom. The number of nitrogens with zero attached hydrogens (tertiary/aromatic N) is 6. The molecule has 13 heteroatoms. The average molecular weight is 419 g/mol. The molecule has 3 heterocycles. The highest BCUT2D eigenvalue weighted by atomic mass is 19.4. The highest BCUT2D eigenvalue weighted by molar-refractivity contribution is 5.96. The quantitative estimate of drug-likeness (QED) is 0.496. The van der Waals surface area contributed by atoms with E-state index < -0.39 is 23.4 Å². The van der Waals surface area contributed by atoms with Gasteiger partial charge in [-0.25, -0.2) is 14.2 Å². The zero-order valence-corrected chi connectivity index (χ0v) is 15.2. The molecule has 4 rings (SSSR count). The van der Waals surface area contributed by atoms with Crippen LogP contribution in [0.4, 0.5) is 19.0 Å². The molecule has 3 aromatic heterocycles. The number of hydrogen-bond donors (Lipinski definition) is 1. The number of aromatic nitrogens is 6. The van der Waals surface area contributed by atoms with Crippen LogP contribution in [0.5, 0.6) is 0 Å². The Labute approximate surface area is 164 Å². The molecule has 0 saturated heterocycles. The monoisotopic (exact) mass is 419 g/mol. The minimum atomic E-state index is -4.61. The molecule has 2 N–H and O–H groups in total. The Kier molecular flexibility index (Phi) is 4.37. The predicted octanol–water partition coefficient (Wildman–Crippen LogP) is 1.60. The molecule has 0 radical (unpaired) electrons. The zero-order chi connectivity index (χ0) is 21.6. The van der Waals surface area contributed by atoms with Crippen LogP contribution >= 0.6 is 0 Å². The summed E-state index contributed by atoms with van der Waals surface area (Å²) < 4.78 is 45.9. The molecule has 0 fully saturated rings. The molecule has 0 amide bonds. The molecular formula is C17H12F3N7O3. The Hall–Kier alpha value is -4.03. The average Bonchev–Trinajstić information content (AvgIpc) is 3.12. The largest absolute Gasteiger partial charge is 0.462 e. The van der Waals surface area contributed by atoms with Crippen molar-refractivity contribution in [3.05, 3.63) is 52.1 Å². The van der Waals surface area contributed by atoms with Gasteiger partial charge in [-0.05, 0) is 25.1 Å². The van der Waals surface area contributed by atoms with E-state index in [1.54, 1.807) is 6.92 Å². The molecule has 1 aromatic carbocycles. The van der Waals surface area contributed by atoms with Gasteiger partial charge in [-0.15, -0.1) is 10.2 Å². The third-order valence-electron chi connectivity index (χ3n) is 4.20. The lowest BCUT2D eigenvalue weighted by molar-refractivity contribution is -0.137. The maximum atomic E-state index is 13.0. The molecular weight excluding hydrogens is 407 g/mol. The maximum Gasteiger partial charge on any atom is 0.416 e. The van der Waals surface area contributed by atoms with Crippen LogP contribution in [0.25, 0.3) is 22.5 Å². The first kappa shape index (κ1) is 19.3. The lowest BCUT2D eigenvalue weighted by Crippen LogP contribution is -2.26. The number of esters is 1. The summed E-state index contributed by atoms with van der Waals surface area (Å²) in [7, 11) is 0. The first-order chi connectivity index (χ1) is 14.2. The summed E-state index contributed by atoms with van der Waals surface area (Å²) in [5.74, 6) is -0.974. The molecule has 10 nitrogen and oxygen atoms in total. The first-order valence-electron chi connectivity index (χ1n) is 8.49. The number of rotatable bonds is 3. The third-order valence-corrected chi connectivity index (χ3v) is 4.20. The number of halogens is 3. The predicted molar refractivity (Wildman–Crippen MR) is 97.1 cm³/mol. The molecule has 0 bridgehead atoms. The SMILES string of the molecule is CCOC(=O)c1cnn2c1nnc1c(N)n(-c3cccc(C(F)(F)F)c3)c(=O)nc12. The van der Waals surface area contributed by atoms with Crippen LogP contribution in [0.15, 0.2) is 35.3 Å². The fourth-order valence-electron chi connectivity index (χ4n) is 2.87. The second kappa shape index (κ2) is 6.79. The standard InChI is InChI=1S/C17H12F3N7O3/c1-2-30-15(28)10-7-22-27-13(10)25-24-11-12(21)26(16(29)23-14(11)27)9-5-3-4-8(6-9)17(18,19)20/h3-7H,2,21H2,1H3. The lowest BCUT2D eigenvalue weighted by Gasteiger charge is -2.13. The fraction of sp³-hybridized carbons (Fsp3) is 0.176. The van der Waals surface area contributed by atoms with Crippen molar-refractivity contribution in [1.29, 1.82) is 0 Å². The van der Waals surface area contributed by atoms with Gasteiger partial charge in [-0.1, -0.05) is 6.07 Å². The van der Waals surface area contributed by atoms with Crippen LogP contribution in [-0.4, -0.2) is 41.9 Å². The van der Waals surface area contributed by atoms with E-state index in [9.17, 15) is 22.8 Å². The lowest BCUT2D eigenvalue weighted by atomic mass is 10.2. The number of nitrogen functional groups attached to an aromatic ring is 1. The van der Waals surface area contributed by atoms with E-state index in [4.69, 9.17) is 10.5 Å². The number of alkyl halides is 3. The summed E-state index contributed by atoms with van der Waals surface area (Å²) in [6, 6.07) is 4.05. The normalized spacial score (nSPS) is 11.9. The number of anilines is 1. The third kappa shape index (κ3) is 3.00. The van der Waals surface area contributed by atoms with Crippen molar-refractivity contribution in [2.45, 2.75) is 13.1 Å². The second-order valence-electron chi connectivity index (χ2n) is 6.05. The van der Waals surface area contributed by atoms with Gasteiger partial charge >= 0.3 is 17.8 Å². The van der Waals surface area contributed by atoms with Gasteiger partial charge in [0.1, 0.15) is 11.4 Å². The number of carbonyl (C=O) groups excluding carboxylic acids is 1. The summed E-state index contributed by atoms with van der Waals surface area (Å²) >= 11 is 0. The smallest absolute Gasteiger partial charge is 0.416 e. The van der Waals surface area contributed by atoms with Gasteiger partial charge in [0, 0.05) is 0 Å². The van der Waals surface area contributed by atoms with E-state index >= 15 is 0 Å². The summed E-state index contributed by atoms with van der Waals surface area (Å²) in [5.41, 5.74) is 3.77. The summed E-state index contributed by atoms with van der Waals surface area (Å²) in [4.78, 5) is 28.5. The van der Waals surface area contributed by atoms with Crippen molar-refractivity contribution < 1.29 is 22.7 Å². The molecule has 154 valence electrons. The highest BCUT2D eigenvalue weighted by Crippen LogP contribution is 2.30.